The number of hydrogen-bond acceptors (Lipinski definition) is 4. The molecule has 2 rings (SSSR count). The van der Waals surface area contributed by atoms with Crippen molar-refractivity contribution in [2.24, 2.45) is 10.9 Å². The molecule has 0 aliphatic carbocycles. The second-order valence-corrected chi connectivity index (χ2v) is 7.68. The van der Waals surface area contributed by atoms with Crippen molar-refractivity contribution in [3.05, 3.63) is 0 Å². The summed E-state index contributed by atoms with van der Waals surface area (Å²) in [4.78, 5) is 12.5. The zero-order valence-corrected chi connectivity index (χ0v) is 17.5. The van der Waals surface area contributed by atoms with Gasteiger partial charge >= 0.3 is 0 Å². The first-order valence-electron chi connectivity index (χ1n) is 10.8. The second-order valence-electron chi connectivity index (χ2n) is 7.68. The van der Waals surface area contributed by atoms with Gasteiger partial charge < -0.3 is 24.8 Å². The average molecular weight is 368 g/mol. The van der Waals surface area contributed by atoms with Crippen LogP contribution in [0.4, 0.5) is 0 Å². The average Bonchev–Trinajstić information content (AvgIpc) is 2.67. The smallest absolute Gasteiger partial charge is 0.193 e. The van der Waals surface area contributed by atoms with Crippen molar-refractivity contribution in [3.63, 3.8) is 0 Å². The lowest BCUT2D eigenvalue weighted by molar-refractivity contribution is 0.0263. The summed E-state index contributed by atoms with van der Waals surface area (Å²) in [5.41, 5.74) is 0. The molecule has 1 N–H and O–H groups in total. The molecular weight excluding hydrogens is 326 g/mol. The first-order valence-corrected chi connectivity index (χ1v) is 10.8. The van der Waals surface area contributed by atoms with Crippen molar-refractivity contribution in [3.8, 4) is 0 Å². The Balaban J connectivity index is 1.77. The molecule has 152 valence electrons. The summed E-state index contributed by atoms with van der Waals surface area (Å²) >= 11 is 0. The maximum Gasteiger partial charge on any atom is 0.193 e. The molecule has 26 heavy (non-hydrogen) atoms. The van der Waals surface area contributed by atoms with Gasteiger partial charge in [0, 0.05) is 65.5 Å². The van der Waals surface area contributed by atoms with Gasteiger partial charge in [-0.3, -0.25) is 4.99 Å². The van der Waals surface area contributed by atoms with E-state index in [2.05, 4.69) is 47.7 Å². The number of rotatable bonds is 8. The van der Waals surface area contributed by atoms with Crippen molar-refractivity contribution >= 4 is 5.96 Å². The third kappa shape index (κ3) is 7.05. The molecule has 2 heterocycles. The van der Waals surface area contributed by atoms with Gasteiger partial charge in [0.1, 0.15) is 0 Å². The fraction of sp³-hybridized carbons (Fsp3) is 0.950. The highest BCUT2D eigenvalue weighted by Gasteiger charge is 2.22. The van der Waals surface area contributed by atoms with Crippen LogP contribution in [0.25, 0.3) is 0 Å². The standard InChI is InChI=1S/C20H41N5O/c1-5-21-20(25-10-8-19(9-11-25)26-7-3)22-16-18(4)17-24-14-12-23(6-2)13-15-24/h18-19H,5-17H2,1-4H3,(H,21,22). The molecule has 0 spiro atoms. The highest BCUT2D eigenvalue weighted by Crippen LogP contribution is 2.14. The van der Waals surface area contributed by atoms with E-state index in [0.717, 1.165) is 58.1 Å². The molecule has 2 aliphatic rings. The maximum absolute atomic E-state index is 5.77. The minimum Gasteiger partial charge on any atom is -0.378 e. The SMILES string of the molecule is CCNC(=NCC(C)CN1CCN(CC)CC1)N1CCC(OCC)CC1. The Morgan fingerprint density at radius 2 is 1.69 bits per heavy atom. The Bertz CT molecular complexity index is 401. The van der Waals surface area contributed by atoms with Crippen LogP contribution in [0.1, 0.15) is 40.5 Å². The summed E-state index contributed by atoms with van der Waals surface area (Å²) in [5, 5.41) is 3.49. The summed E-state index contributed by atoms with van der Waals surface area (Å²) in [5.74, 6) is 1.68. The Morgan fingerprint density at radius 1 is 1.04 bits per heavy atom. The van der Waals surface area contributed by atoms with Crippen LogP contribution in [-0.2, 0) is 4.74 Å². The summed E-state index contributed by atoms with van der Waals surface area (Å²) < 4.78 is 5.77. The molecule has 2 fully saturated rings. The number of nitrogens with zero attached hydrogens (tertiary/aromatic N) is 4. The lowest BCUT2D eigenvalue weighted by Crippen LogP contribution is -2.48. The number of piperazine rings is 1. The lowest BCUT2D eigenvalue weighted by Gasteiger charge is -2.35. The van der Waals surface area contributed by atoms with E-state index in [0.29, 0.717) is 12.0 Å². The highest BCUT2D eigenvalue weighted by atomic mass is 16.5. The van der Waals surface area contributed by atoms with Crippen LogP contribution in [-0.4, -0.2) is 98.8 Å². The molecule has 6 nitrogen and oxygen atoms in total. The van der Waals surface area contributed by atoms with Crippen LogP contribution >= 0.6 is 0 Å². The fourth-order valence-corrected chi connectivity index (χ4v) is 3.92. The molecule has 0 aromatic heterocycles. The van der Waals surface area contributed by atoms with Crippen molar-refractivity contribution in [2.75, 3.05) is 72.1 Å². The van der Waals surface area contributed by atoms with Crippen LogP contribution in [0.15, 0.2) is 4.99 Å². The third-order valence-electron chi connectivity index (χ3n) is 5.51. The summed E-state index contributed by atoms with van der Waals surface area (Å²) in [7, 11) is 0. The monoisotopic (exact) mass is 367 g/mol. The van der Waals surface area contributed by atoms with Gasteiger partial charge in [-0.05, 0) is 39.2 Å². The Kier molecular flexibility index (Phi) is 9.72. The normalized spacial score (nSPS) is 22.6. The van der Waals surface area contributed by atoms with Crippen LogP contribution in [0, 0.1) is 5.92 Å². The molecule has 1 unspecified atom stereocenters. The van der Waals surface area contributed by atoms with Gasteiger partial charge in [0.15, 0.2) is 5.96 Å². The third-order valence-corrected chi connectivity index (χ3v) is 5.51. The van der Waals surface area contributed by atoms with E-state index in [1.54, 1.807) is 0 Å². The highest BCUT2D eigenvalue weighted by molar-refractivity contribution is 5.80. The van der Waals surface area contributed by atoms with Gasteiger partial charge in [0.2, 0.25) is 0 Å². The van der Waals surface area contributed by atoms with E-state index in [-0.39, 0.29) is 0 Å². The number of likely N-dealkylation sites (tertiary alicyclic amines) is 1. The van der Waals surface area contributed by atoms with Crippen molar-refractivity contribution in [2.45, 2.75) is 46.6 Å². The molecule has 2 saturated heterocycles. The lowest BCUT2D eigenvalue weighted by atomic mass is 10.1. The van der Waals surface area contributed by atoms with Gasteiger partial charge in [-0.2, -0.15) is 0 Å². The molecule has 2 aliphatic heterocycles. The van der Waals surface area contributed by atoms with Gasteiger partial charge in [-0.1, -0.05) is 13.8 Å². The zero-order chi connectivity index (χ0) is 18.8. The first kappa shape index (κ1) is 21.5. The topological polar surface area (TPSA) is 43.3 Å². The Labute approximate surface area is 160 Å². The van der Waals surface area contributed by atoms with Crippen LogP contribution in [0.2, 0.25) is 0 Å². The van der Waals surface area contributed by atoms with Gasteiger partial charge in [0.25, 0.3) is 0 Å². The largest absolute Gasteiger partial charge is 0.378 e. The van der Waals surface area contributed by atoms with E-state index in [9.17, 15) is 0 Å². The van der Waals surface area contributed by atoms with Gasteiger partial charge in [-0.25, -0.2) is 0 Å². The summed E-state index contributed by atoms with van der Waals surface area (Å²) in [6.45, 7) is 20.7. The van der Waals surface area contributed by atoms with Gasteiger partial charge in [0.05, 0.1) is 6.10 Å². The number of likely N-dealkylation sites (N-methyl/N-ethyl adjacent to an activating group) is 1. The molecule has 6 heteroatoms. The molecule has 1 atom stereocenters. The van der Waals surface area contributed by atoms with E-state index in [1.165, 1.54) is 32.7 Å². The van der Waals surface area contributed by atoms with Crippen LogP contribution in [0.5, 0.6) is 0 Å². The van der Waals surface area contributed by atoms with Crippen LogP contribution < -0.4 is 5.32 Å². The fourth-order valence-electron chi connectivity index (χ4n) is 3.92. The number of aliphatic imine (C=N–C) groups is 1. The van der Waals surface area contributed by atoms with E-state index >= 15 is 0 Å². The number of ether oxygens (including phenoxy) is 1. The van der Waals surface area contributed by atoms with E-state index in [1.807, 2.05) is 0 Å². The number of guanidine groups is 1. The summed E-state index contributed by atoms with van der Waals surface area (Å²) in [6.07, 6.45) is 2.64. The molecule has 0 saturated carbocycles. The van der Waals surface area contributed by atoms with Crippen molar-refractivity contribution in [1.29, 1.82) is 0 Å². The van der Waals surface area contributed by atoms with Gasteiger partial charge in [-0.15, -0.1) is 0 Å². The minimum atomic E-state index is 0.430. The van der Waals surface area contributed by atoms with Crippen molar-refractivity contribution < 1.29 is 4.74 Å². The quantitative estimate of drug-likeness (QED) is 0.523. The number of piperidine rings is 1. The van der Waals surface area contributed by atoms with E-state index < -0.39 is 0 Å². The molecule has 0 aromatic carbocycles. The zero-order valence-electron chi connectivity index (χ0n) is 17.5. The molecule has 0 aromatic rings. The second kappa shape index (κ2) is 11.8. The maximum atomic E-state index is 5.77. The number of nitrogens with one attached hydrogen (secondary N) is 1. The van der Waals surface area contributed by atoms with Crippen molar-refractivity contribution in [1.82, 2.24) is 20.0 Å². The Morgan fingerprint density at radius 3 is 2.27 bits per heavy atom. The number of hydrogen-bond donors (Lipinski definition) is 1. The summed E-state index contributed by atoms with van der Waals surface area (Å²) in [6, 6.07) is 0. The molecule has 0 bridgehead atoms. The first-order chi connectivity index (χ1) is 12.7. The molecule has 0 radical (unpaired) electrons. The van der Waals surface area contributed by atoms with E-state index in [4.69, 9.17) is 9.73 Å². The predicted octanol–water partition coefficient (Wildman–Crippen LogP) is 1.73. The molecule has 0 amide bonds. The minimum absolute atomic E-state index is 0.430. The van der Waals surface area contributed by atoms with Crippen LogP contribution in [0.3, 0.4) is 0 Å². The predicted molar refractivity (Wildman–Crippen MR) is 110 cm³/mol. The molecular formula is C20H41N5O. The Hall–Kier alpha value is -0.850.